The maximum atomic E-state index is 10.9. The molecule has 0 atom stereocenters. The van der Waals surface area contributed by atoms with E-state index in [0.29, 0.717) is 6.04 Å². The van der Waals surface area contributed by atoms with Crippen molar-refractivity contribution >= 4 is 5.91 Å². The van der Waals surface area contributed by atoms with Gasteiger partial charge in [0.25, 0.3) is 0 Å². The average Bonchev–Trinajstić information content (AvgIpc) is 1.82. The predicted molar refractivity (Wildman–Crippen MR) is 41.3 cm³/mol. The first kappa shape index (κ1) is 9.43. The second kappa shape index (κ2) is 4.28. The van der Waals surface area contributed by atoms with Crippen molar-refractivity contribution in [3.05, 3.63) is 0 Å². The van der Waals surface area contributed by atoms with Crippen LogP contribution in [0.3, 0.4) is 0 Å². The smallest absolute Gasteiger partial charge is 0.236 e. The van der Waals surface area contributed by atoms with Gasteiger partial charge >= 0.3 is 0 Å². The third kappa shape index (κ3) is 4.32. The fraction of sp³-hybridized carbons (Fsp3) is 0.857. The van der Waals surface area contributed by atoms with Gasteiger partial charge in [-0.1, -0.05) is 13.8 Å². The first-order valence-corrected chi connectivity index (χ1v) is 3.59. The zero-order chi connectivity index (χ0) is 8.15. The molecule has 0 spiro atoms. The summed E-state index contributed by atoms with van der Waals surface area (Å²) >= 11 is 0. The molecular formula is C7H16N2O. The predicted octanol–water partition coefficient (Wildman–Crippen LogP) is 0.672. The molecule has 3 nitrogen and oxygen atoms in total. The van der Waals surface area contributed by atoms with Gasteiger partial charge in [0.15, 0.2) is 0 Å². The van der Waals surface area contributed by atoms with E-state index in [4.69, 9.17) is 0 Å². The number of carbonyl (C=O) groups excluding carboxylic acids is 1. The molecule has 0 aromatic heterocycles. The molecule has 0 heterocycles. The molecule has 0 aliphatic heterocycles. The van der Waals surface area contributed by atoms with E-state index in [9.17, 15) is 4.79 Å². The van der Waals surface area contributed by atoms with Gasteiger partial charge in [-0.05, 0) is 13.8 Å². The Morgan fingerprint density at radius 2 is 1.70 bits per heavy atom. The maximum absolute atomic E-state index is 10.9. The van der Waals surface area contributed by atoms with E-state index in [0.717, 1.165) is 0 Å². The molecular weight excluding hydrogens is 128 g/mol. The molecule has 2 N–H and O–H groups in total. The van der Waals surface area contributed by atoms with Gasteiger partial charge in [-0.25, -0.2) is 5.43 Å². The summed E-state index contributed by atoms with van der Waals surface area (Å²) in [6.45, 7) is 7.66. The van der Waals surface area contributed by atoms with E-state index in [2.05, 4.69) is 10.9 Å². The van der Waals surface area contributed by atoms with Crippen LogP contribution >= 0.6 is 0 Å². The summed E-state index contributed by atoms with van der Waals surface area (Å²) < 4.78 is 0. The molecule has 0 bridgehead atoms. The Kier molecular flexibility index (Phi) is 4.03. The second-order valence-electron chi connectivity index (χ2n) is 2.94. The van der Waals surface area contributed by atoms with Crippen LogP contribution in [0.2, 0.25) is 0 Å². The first-order chi connectivity index (χ1) is 4.54. The number of nitrogens with one attached hydrogen (secondary N) is 2. The number of hydrogen-bond donors (Lipinski definition) is 2. The third-order valence-corrected chi connectivity index (χ3v) is 1.01. The SMILES string of the molecule is CC(C)NNC(=O)C(C)C. The summed E-state index contributed by atoms with van der Waals surface area (Å²) in [5.41, 5.74) is 5.42. The van der Waals surface area contributed by atoms with Crippen LogP contribution in [0.5, 0.6) is 0 Å². The molecule has 0 rings (SSSR count). The molecule has 0 radical (unpaired) electrons. The van der Waals surface area contributed by atoms with Gasteiger partial charge in [-0.3, -0.25) is 10.2 Å². The molecule has 3 heteroatoms. The highest BCUT2D eigenvalue weighted by Crippen LogP contribution is 1.88. The van der Waals surface area contributed by atoms with Gasteiger partial charge in [-0.2, -0.15) is 0 Å². The summed E-state index contributed by atoms with van der Waals surface area (Å²) in [7, 11) is 0. The molecule has 0 aliphatic rings. The largest absolute Gasteiger partial charge is 0.291 e. The molecule has 60 valence electrons. The minimum absolute atomic E-state index is 0.0358. The van der Waals surface area contributed by atoms with Crippen LogP contribution in [0.25, 0.3) is 0 Å². The first-order valence-electron chi connectivity index (χ1n) is 3.59. The van der Waals surface area contributed by atoms with Crippen LogP contribution in [0, 0.1) is 5.92 Å². The van der Waals surface area contributed by atoms with Gasteiger partial charge in [0.2, 0.25) is 5.91 Å². The normalized spacial score (nSPS) is 10.6. The molecule has 0 saturated heterocycles. The number of hydrogen-bond acceptors (Lipinski definition) is 2. The molecule has 0 saturated carbocycles. The number of rotatable bonds is 3. The minimum atomic E-state index is 0.0358. The Balaban J connectivity index is 3.40. The minimum Gasteiger partial charge on any atom is -0.291 e. The van der Waals surface area contributed by atoms with Crippen LogP contribution in [0.15, 0.2) is 0 Å². The van der Waals surface area contributed by atoms with Crippen LogP contribution in [-0.4, -0.2) is 11.9 Å². The van der Waals surface area contributed by atoms with Crippen molar-refractivity contribution in [3.63, 3.8) is 0 Å². The number of amides is 1. The summed E-state index contributed by atoms with van der Waals surface area (Å²) in [6, 6.07) is 0.294. The zero-order valence-electron chi connectivity index (χ0n) is 7.06. The monoisotopic (exact) mass is 144 g/mol. The molecule has 0 aliphatic carbocycles. The molecule has 0 aromatic rings. The fourth-order valence-electron chi connectivity index (χ4n) is 0.360. The Morgan fingerprint density at radius 3 is 2.00 bits per heavy atom. The van der Waals surface area contributed by atoms with Crippen LogP contribution < -0.4 is 10.9 Å². The lowest BCUT2D eigenvalue weighted by Gasteiger charge is -2.11. The topological polar surface area (TPSA) is 41.1 Å². The lowest BCUT2D eigenvalue weighted by atomic mass is 10.2. The Morgan fingerprint density at radius 1 is 1.20 bits per heavy atom. The number of hydrazine groups is 1. The lowest BCUT2D eigenvalue weighted by molar-refractivity contribution is -0.125. The fourth-order valence-corrected chi connectivity index (χ4v) is 0.360. The highest BCUT2D eigenvalue weighted by Gasteiger charge is 2.04. The van der Waals surface area contributed by atoms with E-state index >= 15 is 0 Å². The van der Waals surface area contributed by atoms with Crippen LogP contribution in [0.1, 0.15) is 27.7 Å². The van der Waals surface area contributed by atoms with Gasteiger partial charge in [-0.15, -0.1) is 0 Å². The summed E-state index contributed by atoms with van der Waals surface area (Å²) in [5, 5.41) is 0. The van der Waals surface area contributed by atoms with Crippen LogP contribution in [-0.2, 0) is 4.79 Å². The van der Waals surface area contributed by atoms with Crippen molar-refractivity contribution in [1.29, 1.82) is 0 Å². The second-order valence-corrected chi connectivity index (χ2v) is 2.94. The maximum Gasteiger partial charge on any atom is 0.236 e. The highest BCUT2D eigenvalue weighted by atomic mass is 16.2. The Bertz CT molecular complexity index is 110. The molecule has 0 unspecified atom stereocenters. The van der Waals surface area contributed by atoms with Gasteiger partial charge in [0, 0.05) is 12.0 Å². The van der Waals surface area contributed by atoms with Gasteiger partial charge < -0.3 is 0 Å². The van der Waals surface area contributed by atoms with Crippen molar-refractivity contribution < 1.29 is 4.79 Å². The Labute approximate surface area is 62.2 Å². The Hall–Kier alpha value is -0.570. The highest BCUT2D eigenvalue weighted by molar-refractivity contribution is 5.77. The summed E-state index contributed by atoms with van der Waals surface area (Å²) in [6.07, 6.45) is 0. The lowest BCUT2D eigenvalue weighted by Crippen LogP contribution is -2.43. The third-order valence-electron chi connectivity index (χ3n) is 1.01. The van der Waals surface area contributed by atoms with Crippen molar-refractivity contribution in [1.82, 2.24) is 10.9 Å². The van der Waals surface area contributed by atoms with Gasteiger partial charge in [0.05, 0.1) is 0 Å². The van der Waals surface area contributed by atoms with E-state index in [-0.39, 0.29) is 11.8 Å². The van der Waals surface area contributed by atoms with E-state index in [1.807, 2.05) is 27.7 Å². The van der Waals surface area contributed by atoms with Crippen molar-refractivity contribution in [3.8, 4) is 0 Å². The quantitative estimate of drug-likeness (QED) is 0.572. The molecule has 0 fully saturated rings. The summed E-state index contributed by atoms with van der Waals surface area (Å²) in [4.78, 5) is 10.9. The summed E-state index contributed by atoms with van der Waals surface area (Å²) in [5.74, 6) is 0.0833. The van der Waals surface area contributed by atoms with Crippen molar-refractivity contribution in [2.24, 2.45) is 5.92 Å². The standard InChI is InChI=1S/C7H16N2O/c1-5(2)7(10)9-8-6(3)4/h5-6,8H,1-4H3,(H,9,10). The van der Waals surface area contributed by atoms with Gasteiger partial charge in [0.1, 0.15) is 0 Å². The van der Waals surface area contributed by atoms with E-state index in [1.54, 1.807) is 0 Å². The molecule has 10 heavy (non-hydrogen) atoms. The van der Waals surface area contributed by atoms with E-state index < -0.39 is 0 Å². The van der Waals surface area contributed by atoms with Crippen molar-refractivity contribution in [2.75, 3.05) is 0 Å². The van der Waals surface area contributed by atoms with E-state index in [1.165, 1.54) is 0 Å². The molecule has 0 aromatic carbocycles. The average molecular weight is 144 g/mol. The molecule has 1 amide bonds. The zero-order valence-corrected chi connectivity index (χ0v) is 7.06. The van der Waals surface area contributed by atoms with Crippen molar-refractivity contribution in [2.45, 2.75) is 33.7 Å². The number of carbonyl (C=O) groups is 1. The van der Waals surface area contributed by atoms with Crippen LogP contribution in [0.4, 0.5) is 0 Å².